The summed E-state index contributed by atoms with van der Waals surface area (Å²) in [7, 11) is -3.65. The van der Waals surface area contributed by atoms with Gasteiger partial charge in [-0.05, 0) is 54.4 Å². The maximum absolute atomic E-state index is 12.3. The Morgan fingerprint density at radius 3 is 2.39 bits per heavy atom. The Morgan fingerprint density at radius 1 is 1.06 bits per heavy atom. The van der Waals surface area contributed by atoms with E-state index < -0.39 is 15.9 Å². The molecule has 0 heterocycles. The maximum Gasteiger partial charge on any atom is 0.260 e. The Balaban J connectivity index is 1.56. The molecule has 1 amide bonds. The van der Waals surface area contributed by atoms with E-state index in [2.05, 4.69) is 10.5 Å². The molecule has 0 aliphatic heterocycles. The summed E-state index contributed by atoms with van der Waals surface area (Å²) < 4.78 is 31.2. The second-order valence-electron chi connectivity index (χ2n) is 7.30. The molecule has 0 aromatic heterocycles. The molecule has 33 heavy (non-hydrogen) atoms. The van der Waals surface area contributed by atoms with Crippen molar-refractivity contribution in [2.45, 2.75) is 13.5 Å². The molecule has 7 nitrogen and oxygen atoms in total. The van der Waals surface area contributed by atoms with E-state index in [4.69, 9.17) is 16.3 Å². The predicted octanol–water partition coefficient (Wildman–Crippen LogP) is 4.14. The topological polar surface area (TPSA) is 88.1 Å². The lowest BCUT2D eigenvalue weighted by atomic mass is 10.2. The van der Waals surface area contributed by atoms with Gasteiger partial charge in [-0.1, -0.05) is 48.0 Å². The van der Waals surface area contributed by atoms with Gasteiger partial charge in [-0.15, -0.1) is 0 Å². The van der Waals surface area contributed by atoms with Gasteiger partial charge in [0.1, 0.15) is 18.9 Å². The van der Waals surface area contributed by atoms with Gasteiger partial charge in [0.25, 0.3) is 5.91 Å². The molecule has 0 unspecified atom stereocenters. The zero-order valence-electron chi connectivity index (χ0n) is 18.2. The molecule has 3 rings (SSSR count). The third kappa shape index (κ3) is 7.06. The van der Waals surface area contributed by atoms with Gasteiger partial charge in [-0.3, -0.25) is 9.10 Å². The zero-order chi connectivity index (χ0) is 23.8. The first-order chi connectivity index (χ1) is 15.7. The van der Waals surface area contributed by atoms with Crippen LogP contribution >= 0.6 is 11.6 Å². The van der Waals surface area contributed by atoms with E-state index in [0.29, 0.717) is 23.1 Å². The average Bonchev–Trinajstić information content (AvgIpc) is 2.78. The number of benzene rings is 3. The number of carbonyl (C=O) groups excluding carboxylic acids is 1. The number of rotatable bonds is 9. The minimum absolute atomic E-state index is 0.348. The maximum atomic E-state index is 12.3. The van der Waals surface area contributed by atoms with Crippen LogP contribution in [0.1, 0.15) is 16.7 Å². The number of aryl methyl sites for hydroxylation is 1. The minimum atomic E-state index is -3.65. The van der Waals surface area contributed by atoms with Crippen LogP contribution in [0.4, 0.5) is 5.69 Å². The number of amides is 1. The number of nitrogens with zero attached hydrogens (tertiary/aromatic N) is 2. The number of halogens is 1. The molecule has 0 aliphatic carbocycles. The van der Waals surface area contributed by atoms with E-state index in [9.17, 15) is 13.2 Å². The Bertz CT molecular complexity index is 1240. The molecule has 0 saturated heterocycles. The van der Waals surface area contributed by atoms with Crippen LogP contribution in [0.3, 0.4) is 0 Å². The molecule has 3 aromatic carbocycles. The number of carbonyl (C=O) groups is 1. The lowest BCUT2D eigenvalue weighted by Crippen LogP contribution is -2.39. The number of anilines is 1. The van der Waals surface area contributed by atoms with Gasteiger partial charge >= 0.3 is 0 Å². The fourth-order valence-corrected chi connectivity index (χ4v) is 4.10. The molecule has 0 bridgehead atoms. The van der Waals surface area contributed by atoms with Crippen molar-refractivity contribution in [2.24, 2.45) is 5.10 Å². The molecule has 172 valence electrons. The third-order valence-corrected chi connectivity index (χ3v) is 6.20. The van der Waals surface area contributed by atoms with Crippen LogP contribution in [-0.2, 0) is 21.4 Å². The smallest absolute Gasteiger partial charge is 0.260 e. The summed E-state index contributed by atoms with van der Waals surface area (Å²) in [6, 6.07) is 21.6. The molecular formula is C24H24ClN3O4S. The van der Waals surface area contributed by atoms with Gasteiger partial charge in [0, 0.05) is 10.6 Å². The highest BCUT2D eigenvalue weighted by Gasteiger charge is 2.21. The fraction of sp³-hybridized carbons (Fsp3) is 0.167. The quantitative estimate of drug-likeness (QED) is 0.364. The van der Waals surface area contributed by atoms with Crippen LogP contribution in [0, 0.1) is 6.92 Å². The number of para-hydroxylation sites is 1. The third-order valence-electron chi connectivity index (χ3n) is 4.71. The summed E-state index contributed by atoms with van der Waals surface area (Å²) in [4.78, 5) is 12.3. The molecule has 3 aromatic rings. The molecule has 9 heteroatoms. The first-order valence-corrected chi connectivity index (χ1v) is 12.3. The molecule has 0 saturated carbocycles. The van der Waals surface area contributed by atoms with Crippen LogP contribution in [0.25, 0.3) is 0 Å². The highest BCUT2D eigenvalue weighted by molar-refractivity contribution is 7.92. The number of hydrazone groups is 1. The van der Waals surface area contributed by atoms with Gasteiger partial charge in [-0.25, -0.2) is 13.8 Å². The Morgan fingerprint density at radius 2 is 1.73 bits per heavy atom. The largest absolute Gasteiger partial charge is 0.489 e. The van der Waals surface area contributed by atoms with E-state index in [0.717, 1.165) is 27.3 Å². The molecule has 0 radical (unpaired) electrons. The normalized spacial score (nSPS) is 11.4. The molecule has 0 atom stereocenters. The monoisotopic (exact) mass is 485 g/mol. The first kappa shape index (κ1) is 24.3. The van der Waals surface area contributed by atoms with E-state index >= 15 is 0 Å². The van der Waals surface area contributed by atoms with Crippen LogP contribution < -0.4 is 14.5 Å². The summed E-state index contributed by atoms with van der Waals surface area (Å²) in [5.74, 6) is 0.109. The lowest BCUT2D eigenvalue weighted by molar-refractivity contribution is -0.119. The summed E-state index contributed by atoms with van der Waals surface area (Å²) in [5, 5.41) is 4.57. The first-order valence-electron chi connectivity index (χ1n) is 10.1. The van der Waals surface area contributed by atoms with Crippen LogP contribution in [-0.4, -0.2) is 33.3 Å². The Kier molecular flexibility index (Phi) is 8.08. The van der Waals surface area contributed by atoms with Crippen molar-refractivity contribution in [3.63, 3.8) is 0 Å². The van der Waals surface area contributed by atoms with Crippen molar-refractivity contribution in [3.05, 3.63) is 94.5 Å². The number of nitrogens with one attached hydrogen (secondary N) is 1. The van der Waals surface area contributed by atoms with Crippen molar-refractivity contribution in [1.29, 1.82) is 0 Å². The standard InChI is InChI=1S/C24H24ClN3O4S/c1-18-7-3-6-10-23(18)28(33(2,30)31)16-24(29)27-26-15-19-11-13-21(14-12-19)32-17-20-8-4-5-9-22(20)25/h3-15H,16-17H2,1-2H3,(H,27,29)/b26-15-. The Hall–Kier alpha value is -3.36. The molecule has 0 spiro atoms. The summed E-state index contributed by atoms with van der Waals surface area (Å²) in [6.45, 7) is 1.75. The van der Waals surface area contributed by atoms with E-state index in [-0.39, 0.29) is 6.54 Å². The van der Waals surface area contributed by atoms with Crippen LogP contribution in [0.2, 0.25) is 5.02 Å². The SMILES string of the molecule is Cc1ccccc1N(CC(=O)N/N=C\c1ccc(OCc2ccccc2Cl)cc1)S(C)(=O)=O. The van der Waals surface area contributed by atoms with Crippen LogP contribution in [0.15, 0.2) is 77.9 Å². The van der Waals surface area contributed by atoms with Gasteiger partial charge in [0.2, 0.25) is 10.0 Å². The molecule has 0 aliphatic rings. The van der Waals surface area contributed by atoms with Crippen molar-refractivity contribution in [2.75, 3.05) is 17.1 Å². The Labute approximate surface area is 198 Å². The lowest BCUT2D eigenvalue weighted by Gasteiger charge is -2.23. The van der Waals surface area contributed by atoms with E-state index in [1.54, 1.807) is 55.5 Å². The van der Waals surface area contributed by atoms with Gasteiger partial charge in [0.05, 0.1) is 18.2 Å². The number of ether oxygens (including phenoxy) is 1. The van der Waals surface area contributed by atoms with Gasteiger partial charge in [0.15, 0.2) is 0 Å². The van der Waals surface area contributed by atoms with Gasteiger partial charge < -0.3 is 4.74 Å². The van der Waals surface area contributed by atoms with Crippen molar-refractivity contribution in [3.8, 4) is 5.75 Å². The highest BCUT2D eigenvalue weighted by Crippen LogP contribution is 2.22. The van der Waals surface area contributed by atoms with Crippen LogP contribution in [0.5, 0.6) is 5.75 Å². The molecular weight excluding hydrogens is 462 g/mol. The second kappa shape index (κ2) is 11.0. The van der Waals surface area contributed by atoms with Crippen molar-refractivity contribution < 1.29 is 17.9 Å². The molecule has 1 N–H and O–H groups in total. The van der Waals surface area contributed by atoms with E-state index in [1.807, 2.05) is 24.3 Å². The van der Waals surface area contributed by atoms with E-state index in [1.165, 1.54) is 6.21 Å². The fourth-order valence-electron chi connectivity index (χ4n) is 3.00. The molecule has 0 fully saturated rings. The zero-order valence-corrected chi connectivity index (χ0v) is 19.8. The van der Waals surface area contributed by atoms with Crippen molar-refractivity contribution >= 4 is 39.4 Å². The number of hydrogen-bond donors (Lipinski definition) is 1. The summed E-state index contributed by atoms with van der Waals surface area (Å²) in [6.07, 6.45) is 2.53. The highest BCUT2D eigenvalue weighted by atomic mass is 35.5. The minimum Gasteiger partial charge on any atom is -0.489 e. The summed E-state index contributed by atoms with van der Waals surface area (Å²) in [5.41, 5.74) is 5.19. The number of hydrogen-bond acceptors (Lipinski definition) is 5. The van der Waals surface area contributed by atoms with Crippen molar-refractivity contribution in [1.82, 2.24) is 5.43 Å². The number of sulfonamides is 1. The van der Waals surface area contributed by atoms with Gasteiger partial charge in [-0.2, -0.15) is 5.10 Å². The summed E-state index contributed by atoms with van der Waals surface area (Å²) >= 11 is 6.13. The second-order valence-corrected chi connectivity index (χ2v) is 9.61. The predicted molar refractivity (Wildman–Crippen MR) is 131 cm³/mol. The average molecular weight is 486 g/mol.